The number of hydrogen-bond acceptors (Lipinski definition) is 10. The smallest absolute Gasteiger partial charge is 0.255 e. The molecule has 38 heavy (non-hydrogen) atoms. The molecule has 11 heteroatoms. The second-order valence-corrected chi connectivity index (χ2v) is 11.5. The summed E-state index contributed by atoms with van der Waals surface area (Å²) in [4.78, 5) is 55.4. The van der Waals surface area contributed by atoms with Crippen LogP contribution in [0.25, 0.3) is 5.76 Å². The number of nitrogens with zero attached hydrogens (tertiary/aromatic N) is 2. The topological polar surface area (TPSA) is 182 Å². The second kappa shape index (κ2) is 8.15. The Morgan fingerprint density at radius 2 is 1.66 bits per heavy atom. The first-order valence-electron chi connectivity index (χ1n) is 12.1. The molecule has 0 aliphatic heterocycles. The number of aliphatic hydroxyl groups is 3. The first-order valence-corrected chi connectivity index (χ1v) is 12.1. The van der Waals surface area contributed by atoms with Gasteiger partial charge in [0.25, 0.3) is 5.91 Å². The maximum absolute atomic E-state index is 14.2. The molecule has 1 saturated carbocycles. The van der Waals surface area contributed by atoms with E-state index < -0.39 is 68.6 Å². The summed E-state index contributed by atoms with van der Waals surface area (Å²) >= 11 is 0. The van der Waals surface area contributed by atoms with Crippen LogP contribution >= 0.6 is 0 Å². The van der Waals surface area contributed by atoms with Crippen LogP contribution in [-0.2, 0) is 20.8 Å². The number of nitrogens with two attached hydrogens (primary N) is 1. The van der Waals surface area contributed by atoms with Gasteiger partial charge < -0.3 is 31.1 Å². The molecule has 6 N–H and O–H groups in total. The van der Waals surface area contributed by atoms with Gasteiger partial charge in [-0.2, -0.15) is 0 Å². The molecular formula is C27H33N3O8. The van der Waals surface area contributed by atoms with Crippen LogP contribution in [0.4, 0.5) is 5.69 Å². The van der Waals surface area contributed by atoms with Crippen LogP contribution in [-0.4, -0.2) is 88.4 Å². The van der Waals surface area contributed by atoms with E-state index in [-0.39, 0.29) is 29.5 Å². The minimum atomic E-state index is -2.79. The quantitative estimate of drug-likeness (QED) is 0.280. The predicted octanol–water partition coefficient (Wildman–Crippen LogP) is 1.01. The summed E-state index contributed by atoms with van der Waals surface area (Å²) in [5.41, 5.74) is -0.569. The number of ketones is 3. The van der Waals surface area contributed by atoms with Crippen molar-refractivity contribution < 1.29 is 39.6 Å². The molecular weight excluding hydrogens is 494 g/mol. The first-order chi connectivity index (χ1) is 17.4. The Morgan fingerprint density at radius 1 is 1.08 bits per heavy atom. The summed E-state index contributed by atoms with van der Waals surface area (Å²) in [7, 11) is 6.56. The van der Waals surface area contributed by atoms with Crippen molar-refractivity contribution in [2.75, 3.05) is 33.1 Å². The van der Waals surface area contributed by atoms with Crippen molar-refractivity contribution in [3.8, 4) is 5.75 Å². The summed E-state index contributed by atoms with van der Waals surface area (Å²) in [6.45, 7) is 4.44. The Labute approximate surface area is 219 Å². The third-order valence-corrected chi connectivity index (χ3v) is 8.47. The molecule has 0 radical (unpaired) electrons. The highest BCUT2D eigenvalue weighted by molar-refractivity contribution is 6.25. The molecule has 1 amide bonds. The van der Waals surface area contributed by atoms with Crippen LogP contribution < -0.4 is 10.6 Å². The number of benzene rings is 1. The normalized spacial score (nSPS) is 30.7. The monoisotopic (exact) mass is 527 g/mol. The number of Topliss-reactive ketones (excluding diaryl/α,β-unsaturated/α-hetero) is 3. The fraction of sp³-hybridized carbons (Fsp3) is 0.481. The van der Waals surface area contributed by atoms with Gasteiger partial charge in [-0.15, -0.1) is 0 Å². The molecule has 204 valence electrons. The highest BCUT2D eigenvalue weighted by Gasteiger charge is 2.72. The number of fused-ring (bicyclic) bond motifs is 3. The number of carbonyl (C=O) groups is 4. The third-order valence-electron chi connectivity index (χ3n) is 8.47. The second-order valence-electron chi connectivity index (χ2n) is 11.5. The van der Waals surface area contributed by atoms with E-state index in [0.717, 1.165) is 0 Å². The van der Waals surface area contributed by atoms with Crippen LogP contribution in [0.3, 0.4) is 0 Å². The first kappa shape index (κ1) is 27.3. The molecule has 3 aliphatic rings. The summed E-state index contributed by atoms with van der Waals surface area (Å²) in [5, 5.41) is 45.7. The lowest BCUT2D eigenvalue weighted by molar-refractivity contribution is -0.175. The molecule has 1 fully saturated rings. The van der Waals surface area contributed by atoms with Gasteiger partial charge in [0.2, 0.25) is 5.78 Å². The van der Waals surface area contributed by atoms with E-state index in [4.69, 9.17) is 5.73 Å². The number of aromatic hydroxyl groups is 1. The van der Waals surface area contributed by atoms with Gasteiger partial charge in [0.05, 0.1) is 17.2 Å². The molecule has 0 heterocycles. The number of primary amides is 1. The highest BCUT2D eigenvalue weighted by Crippen LogP contribution is 2.63. The number of hydrogen-bond donors (Lipinski definition) is 5. The van der Waals surface area contributed by atoms with Gasteiger partial charge in [0.15, 0.2) is 17.2 Å². The number of aliphatic hydroxyl groups excluding tert-OH is 2. The minimum absolute atomic E-state index is 0.0651. The van der Waals surface area contributed by atoms with Crippen molar-refractivity contribution in [1.29, 1.82) is 0 Å². The Bertz CT molecular complexity index is 1410. The van der Waals surface area contributed by atoms with Crippen molar-refractivity contribution in [3.05, 3.63) is 39.7 Å². The van der Waals surface area contributed by atoms with Crippen LogP contribution in [0, 0.1) is 10.8 Å². The van der Waals surface area contributed by atoms with Gasteiger partial charge in [-0.1, -0.05) is 13.8 Å². The van der Waals surface area contributed by atoms with Crippen molar-refractivity contribution in [2.45, 2.75) is 45.3 Å². The number of phenols is 1. The van der Waals surface area contributed by atoms with Crippen LogP contribution in [0.1, 0.15) is 48.7 Å². The van der Waals surface area contributed by atoms with Gasteiger partial charge in [-0.05, 0) is 45.5 Å². The van der Waals surface area contributed by atoms with Gasteiger partial charge in [0.1, 0.15) is 22.8 Å². The molecule has 3 aliphatic carbocycles. The van der Waals surface area contributed by atoms with Crippen molar-refractivity contribution in [3.63, 3.8) is 0 Å². The molecule has 0 unspecified atom stereocenters. The van der Waals surface area contributed by atoms with Crippen molar-refractivity contribution >= 4 is 34.7 Å². The number of phenolic OH excluding ortho intramolecular Hbond substituents is 1. The lowest BCUT2D eigenvalue weighted by atomic mass is 9.46. The van der Waals surface area contributed by atoms with Gasteiger partial charge in [0, 0.05) is 36.2 Å². The lowest BCUT2D eigenvalue weighted by Gasteiger charge is -2.59. The zero-order chi connectivity index (χ0) is 28.9. The van der Waals surface area contributed by atoms with Gasteiger partial charge in [-0.3, -0.25) is 24.1 Å². The standard InChI is InChI=1S/C27H33N3O8/c1-11(31)12-8-14(29(4)5)13-9-25(2)10-26(3)21(30(6)7)20(34)16(24(28)37)22(35)27(26,38)23(36)17(25)19(33)15(13)18(12)32/h8,21,32-33,35,38H,9-10H2,1-7H3,(H2,28,37)/t21-,25+,26+,27-/m1/s1. The van der Waals surface area contributed by atoms with Crippen LogP contribution in [0.15, 0.2) is 23.0 Å². The third kappa shape index (κ3) is 3.15. The summed E-state index contributed by atoms with van der Waals surface area (Å²) < 4.78 is 0. The molecule has 4 rings (SSSR count). The van der Waals surface area contributed by atoms with E-state index in [1.807, 2.05) is 0 Å². The zero-order valence-electron chi connectivity index (χ0n) is 22.5. The molecule has 0 spiro atoms. The SMILES string of the molecule is CC(=O)c1cc(N(C)C)c2c(c1O)C(O)=C1C(=O)[C@]3(O)C(O)=C(C(N)=O)C(=O)[C@@H](N(C)C)[C@]3(C)C[C@]1(C)C2. The molecule has 11 nitrogen and oxygen atoms in total. The largest absolute Gasteiger partial charge is 0.508 e. The van der Waals surface area contributed by atoms with E-state index >= 15 is 0 Å². The minimum Gasteiger partial charge on any atom is -0.508 e. The average molecular weight is 528 g/mol. The molecule has 0 bridgehead atoms. The fourth-order valence-corrected chi connectivity index (χ4v) is 7.04. The molecule has 1 aromatic rings. The molecule has 4 atom stereocenters. The van der Waals surface area contributed by atoms with E-state index in [2.05, 4.69) is 0 Å². The molecule has 1 aromatic carbocycles. The number of carbonyl (C=O) groups excluding carboxylic acids is 4. The Morgan fingerprint density at radius 3 is 2.13 bits per heavy atom. The Hall–Kier alpha value is -3.70. The number of anilines is 1. The number of likely N-dealkylation sites (N-methyl/N-ethyl adjacent to an activating group) is 1. The Kier molecular flexibility index (Phi) is 5.86. The lowest BCUT2D eigenvalue weighted by Crippen LogP contribution is -2.72. The predicted molar refractivity (Wildman–Crippen MR) is 138 cm³/mol. The van der Waals surface area contributed by atoms with E-state index in [1.165, 1.54) is 24.8 Å². The molecule has 0 saturated heterocycles. The highest BCUT2D eigenvalue weighted by atomic mass is 16.3. The van der Waals surface area contributed by atoms with Crippen LogP contribution in [0.5, 0.6) is 5.75 Å². The average Bonchev–Trinajstić information content (AvgIpc) is 2.75. The van der Waals surface area contributed by atoms with Crippen LogP contribution in [0.2, 0.25) is 0 Å². The Balaban J connectivity index is 2.13. The van der Waals surface area contributed by atoms with E-state index in [0.29, 0.717) is 11.3 Å². The zero-order valence-corrected chi connectivity index (χ0v) is 22.5. The summed E-state index contributed by atoms with van der Waals surface area (Å²) in [6.07, 6.45) is 0.0216. The number of rotatable bonds is 4. The fourth-order valence-electron chi connectivity index (χ4n) is 7.04. The summed E-state index contributed by atoms with van der Waals surface area (Å²) in [5.74, 6) is -6.04. The van der Waals surface area contributed by atoms with E-state index in [1.54, 1.807) is 40.0 Å². The maximum atomic E-state index is 14.2. The maximum Gasteiger partial charge on any atom is 0.255 e. The van der Waals surface area contributed by atoms with E-state index in [9.17, 15) is 39.6 Å². The molecule has 0 aromatic heterocycles. The van der Waals surface area contributed by atoms with Crippen molar-refractivity contribution in [2.24, 2.45) is 16.6 Å². The van der Waals surface area contributed by atoms with Gasteiger partial charge >= 0.3 is 0 Å². The summed E-state index contributed by atoms with van der Waals surface area (Å²) in [6, 6.07) is 0.292. The van der Waals surface area contributed by atoms with Crippen molar-refractivity contribution in [1.82, 2.24) is 4.90 Å². The number of amides is 1. The van der Waals surface area contributed by atoms with Gasteiger partial charge in [-0.25, -0.2) is 0 Å².